The van der Waals surface area contributed by atoms with Crippen LogP contribution in [0.5, 0.6) is 0 Å². The smallest absolute Gasteiger partial charge is 0.147 e. The van der Waals surface area contributed by atoms with E-state index in [4.69, 9.17) is 4.74 Å². The molecule has 1 aromatic carbocycles. The Labute approximate surface area is 114 Å². The highest BCUT2D eigenvalue weighted by molar-refractivity contribution is 9.10. The molecule has 3 rings (SSSR count). The van der Waals surface area contributed by atoms with Crippen molar-refractivity contribution < 1.29 is 4.74 Å². The molecule has 0 aliphatic carbocycles. The third-order valence-corrected chi connectivity index (χ3v) is 3.80. The lowest BCUT2D eigenvalue weighted by molar-refractivity contribution is -0.0701. The molecular weight excluding hydrogens is 294 g/mol. The van der Waals surface area contributed by atoms with E-state index in [0.29, 0.717) is 0 Å². The van der Waals surface area contributed by atoms with Gasteiger partial charge in [0.15, 0.2) is 0 Å². The van der Waals surface area contributed by atoms with Gasteiger partial charge < -0.3 is 4.74 Å². The zero-order chi connectivity index (χ0) is 12.6. The molecule has 0 saturated carbocycles. The third-order valence-electron chi connectivity index (χ3n) is 3.31. The molecule has 2 aromatic rings. The van der Waals surface area contributed by atoms with E-state index in [9.17, 15) is 0 Å². The van der Waals surface area contributed by atoms with E-state index in [1.165, 1.54) is 5.56 Å². The Kier molecular flexibility index (Phi) is 2.95. The summed E-state index contributed by atoms with van der Waals surface area (Å²) in [6.07, 6.45) is 1.79. The summed E-state index contributed by atoms with van der Waals surface area (Å²) >= 11 is 3.52. The summed E-state index contributed by atoms with van der Waals surface area (Å²) in [5.74, 6) is 0.805. The van der Waals surface area contributed by atoms with Gasteiger partial charge >= 0.3 is 0 Å². The van der Waals surface area contributed by atoms with Crippen LogP contribution in [-0.4, -0.2) is 28.0 Å². The minimum absolute atomic E-state index is 0.0317. The minimum Gasteiger partial charge on any atom is -0.379 e. The molecule has 0 spiro atoms. The van der Waals surface area contributed by atoms with Gasteiger partial charge in [0.25, 0.3) is 0 Å². The fourth-order valence-corrected chi connectivity index (χ4v) is 2.69. The molecule has 0 radical (unpaired) electrons. The number of ether oxygens (including phenoxy) is 1. The number of halogens is 1. The molecule has 1 saturated heterocycles. The Bertz CT molecular complexity index is 563. The lowest BCUT2D eigenvalue weighted by Gasteiger charge is -2.41. The first-order valence-electron chi connectivity index (χ1n) is 5.88. The lowest BCUT2D eigenvalue weighted by atomic mass is 9.78. The quantitative estimate of drug-likeness (QED) is 0.873. The second-order valence-electron chi connectivity index (χ2n) is 4.77. The summed E-state index contributed by atoms with van der Waals surface area (Å²) in [5.41, 5.74) is 1.32. The first kappa shape index (κ1) is 11.9. The standard InChI is InChI=1S/C13H14BrN3O/c1-10-15-9-17(16-10)6-13(7-18-8-13)11-3-2-4-12(14)5-11/h2-5,9H,6-8H2,1H3. The van der Waals surface area contributed by atoms with E-state index in [0.717, 1.165) is 30.1 Å². The number of hydrogen-bond acceptors (Lipinski definition) is 3. The van der Waals surface area contributed by atoms with Crippen LogP contribution in [-0.2, 0) is 16.7 Å². The molecule has 0 unspecified atom stereocenters. The van der Waals surface area contributed by atoms with Gasteiger partial charge in [-0.3, -0.25) is 4.68 Å². The largest absolute Gasteiger partial charge is 0.379 e. The van der Waals surface area contributed by atoms with Gasteiger partial charge in [0, 0.05) is 4.47 Å². The monoisotopic (exact) mass is 307 g/mol. The third kappa shape index (κ3) is 2.08. The second kappa shape index (κ2) is 4.48. The van der Waals surface area contributed by atoms with Crippen LogP contribution in [0.25, 0.3) is 0 Å². The molecule has 18 heavy (non-hydrogen) atoms. The molecule has 94 valence electrons. The molecule has 0 bridgehead atoms. The normalized spacial score (nSPS) is 17.4. The Hall–Kier alpha value is -1.20. The molecule has 4 nitrogen and oxygen atoms in total. The van der Waals surface area contributed by atoms with Crippen molar-refractivity contribution in [2.75, 3.05) is 13.2 Å². The van der Waals surface area contributed by atoms with Crippen molar-refractivity contribution in [1.29, 1.82) is 0 Å². The SMILES string of the molecule is Cc1ncn(CC2(c3cccc(Br)c3)COC2)n1. The van der Waals surface area contributed by atoms with E-state index in [2.05, 4.69) is 44.2 Å². The van der Waals surface area contributed by atoms with Crippen molar-refractivity contribution in [2.24, 2.45) is 0 Å². The molecule has 0 amide bonds. The number of aromatic nitrogens is 3. The fraction of sp³-hybridized carbons (Fsp3) is 0.385. The number of aryl methyl sites for hydroxylation is 1. The zero-order valence-corrected chi connectivity index (χ0v) is 11.7. The highest BCUT2D eigenvalue weighted by Crippen LogP contribution is 2.35. The van der Waals surface area contributed by atoms with Gasteiger partial charge in [-0.25, -0.2) is 4.98 Å². The number of rotatable bonds is 3. The highest BCUT2D eigenvalue weighted by atomic mass is 79.9. The van der Waals surface area contributed by atoms with Crippen LogP contribution in [0.15, 0.2) is 35.1 Å². The predicted octanol–water partition coefficient (Wildman–Crippen LogP) is 2.32. The van der Waals surface area contributed by atoms with Crippen LogP contribution in [0.3, 0.4) is 0 Å². The summed E-state index contributed by atoms with van der Waals surface area (Å²) in [6, 6.07) is 8.41. The molecular formula is C13H14BrN3O. The van der Waals surface area contributed by atoms with Crippen molar-refractivity contribution in [3.63, 3.8) is 0 Å². The van der Waals surface area contributed by atoms with Crippen LogP contribution < -0.4 is 0 Å². The summed E-state index contributed by atoms with van der Waals surface area (Å²) in [6.45, 7) is 4.19. The van der Waals surface area contributed by atoms with Crippen LogP contribution in [0.2, 0.25) is 0 Å². The van der Waals surface area contributed by atoms with Gasteiger partial charge in [-0.05, 0) is 24.6 Å². The maximum Gasteiger partial charge on any atom is 0.147 e. The first-order chi connectivity index (χ1) is 8.68. The molecule has 0 atom stereocenters. The van der Waals surface area contributed by atoms with Gasteiger partial charge in [-0.2, -0.15) is 5.10 Å². The van der Waals surface area contributed by atoms with Crippen molar-refractivity contribution >= 4 is 15.9 Å². The van der Waals surface area contributed by atoms with E-state index in [1.807, 2.05) is 17.7 Å². The van der Waals surface area contributed by atoms with Crippen molar-refractivity contribution in [1.82, 2.24) is 14.8 Å². The van der Waals surface area contributed by atoms with Crippen LogP contribution in [0.1, 0.15) is 11.4 Å². The maximum absolute atomic E-state index is 5.43. The molecule has 5 heteroatoms. The molecule has 1 aliphatic heterocycles. The fourth-order valence-electron chi connectivity index (χ4n) is 2.29. The predicted molar refractivity (Wildman–Crippen MR) is 71.4 cm³/mol. The minimum atomic E-state index is 0.0317. The van der Waals surface area contributed by atoms with Crippen molar-refractivity contribution in [3.8, 4) is 0 Å². The average Bonchev–Trinajstić information content (AvgIpc) is 2.69. The van der Waals surface area contributed by atoms with Gasteiger partial charge in [0.05, 0.1) is 25.2 Å². The van der Waals surface area contributed by atoms with Gasteiger partial charge in [-0.15, -0.1) is 0 Å². The number of hydrogen-bond donors (Lipinski definition) is 0. The van der Waals surface area contributed by atoms with Gasteiger partial charge in [-0.1, -0.05) is 28.1 Å². The number of benzene rings is 1. The number of nitrogens with zero attached hydrogens (tertiary/aromatic N) is 3. The molecule has 1 aliphatic rings. The summed E-state index contributed by atoms with van der Waals surface area (Å²) < 4.78 is 8.43. The highest BCUT2D eigenvalue weighted by Gasteiger charge is 2.41. The zero-order valence-electron chi connectivity index (χ0n) is 10.1. The summed E-state index contributed by atoms with van der Waals surface area (Å²) in [7, 11) is 0. The Morgan fingerprint density at radius 1 is 1.44 bits per heavy atom. The van der Waals surface area contributed by atoms with Crippen LogP contribution >= 0.6 is 15.9 Å². The van der Waals surface area contributed by atoms with Crippen LogP contribution in [0, 0.1) is 6.92 Å². The van der Waals surface area contributed by atoms with Crippen molar-refractivity contribution in [2.45, 2.75) is 18.9 Å². The van der Waals surface area contributed by atoms with Gasteiger partial charge in [0.2, 0.25) is 0 Å². The molecule has 2 heterocycles. The van der Waals surface area contributed by atoms with E-state index < -0.39 is 0 Å². The molecule has 1 fully saturated rings. The van der Waals surface area contributed by atoms with E-state index >= 15 is 0 Å². The van der Waals surface area contributed by atoms with Crippen molar-refractivity contribution in [3.05, 3.63) is 46.5 Å². The Morgan fingerprint density at radius 3 is 2.83 bits per heavy atom. The summed E-state index contributed by atoms with van der Waals surface area (Å²) in [5, 5.41) is 4.36. The topological polar surface area (TPSA) is 39.9 Å². The van der Waals surface area contributed by atoms with Gasteiger partial charge in [0.1, 0.15) is 12.2 Å². The molecule has 1 aromatic heterocycles. The van der Waals surface area contributed by atoms with Crippen LogP contribution in [0.4, 0.5) is 0 Å². The van der Waals surface area contributed by atoms with E-state index in [-0.39, 0.29) is 5.41 Å². The lowest BCUT2D eigenvalue weighted by Crippen LogP contribution is -2.50. The second-order valence-corrected chi connectivity index (χ2v) is 5.69. The Morgan fingerprint density at radius 2 is 2.28 bits per heavy atom. The van der Waals surface area contributed by atoms with E-state index in [1.54, 1.807) is 6.33 Å². The summed E-state index contributed by atoms with van der Waals surface area (Å²) in [4.78, 5) is 4.17. The average molecular weight is 308 g/mol. The first-order valence-corrected chi connectivity index (χ1v) is 6.67. The molecule has 0 N–H and O–H groups in total. The maximum atomic E-state index is 5.43. The Balaban J connectivity index is 1.90.